The molecule has 1 saturated heterocycles. The third-order valence-electron chi connectivity index (χ3n) is 4.45. The Kier molecular flexibility index (Phi) is 6.75. The molecule has 1 aliphatic heterocycles. The summed E-state index contributed by atoms with van der Waals surface area (Å²) in [7, 11) is 0. The maximum Gasteiger partial charge on any atom is 0.387 e. The molecule has 1 aliphatic rings. The molecule has 0 radical (unpaired) electrons. The molecule has 0 saturated carbocycles. The van der Waals surface area contributed by atoms with E-state index in [1.54, 1.807) is 31.3 Å². The summed E-state index contributed by atoms with van der Waals surface area (Å²) in [5, 5.41) is 11.5. The average molecular weight is 378 g/mol. The highest BCUT2D eigenvalue weighted by Gasteiger charge is 2.22. The molecule has 2 heterocycles. The van der Waals surface area contributed by atoms with Crippen LogP contribution in [0.3, 0.4) is 0 Å². The molecule has 146 valence electrons. The summed E-state index contributed by atoms with van der Waals surface area (Å²) >= 11 is 0. The summed E-state index contributed by atoms with van der Waals surface area (Å²) in [6, 6.07) is 9.23. The minimum Gasteiger partial charge on any atom is -0.490 e. The minimum absolute atomic E-state index is 0.100. The monoisotopic (exact) mass is 378 g/mol. The van der Waals surface area contributed by atoms with Crippen molar-refractivity contribution in [2.45, 2.75) is 39.0 Å². The van der Waals surface area contributed by atoms with Crippen LogP contribution in [-0.2, 0) is 6.54 Å². The molecule has 27 heavy (non-hydrogen) atoms. The maximum atomic E-state index is 12.8. The second-order valence-electron chi connectivity index (χ2n) is 6.30. The second kappa shape index (κ2) is 9.45. The van der Waals surface area contributed by atoms with Gasteiger partial charge in [0.1, 0.15) is 0 Å². The van der Waals surface area contributed by atoms with Crippen LogP contribution in [0.5, 0.6) is 11.5 Å². The number of piperidine rings is 1. The zero-order valence-electron chi connectivity index (χ0n) is 15.3. The fourth-order valence-corrected chi connectivity index (χ4v) is 3.26. The van der Waals surface area contributed by atoms with Crippen LogP contribution in [0, 0.1) is 0 Å². The highest BCUT2D eigenvalue weighted by Crippen LogP contribution is 2.33. The highest BCUT2D eigenvalue weighted by molar-refractivity contribution is 5.46. The lowest BCUT2D eigenvalue weighted by Gasteiger charge is -2.34. The van der Waals surface area contributed by atoms with Crippen LogP contribution in [0.2, 0.25) is 0 Å². The topological polar surface area (TPSA) is 59.5 Å². The first kappa shape index (κ1) is 19.3. The molecule has 1 fully saturated rings. The van der Waals surface area contributed by atoms with Gasteiger partial charge in [0, 0.05) is 37.4 Å². The van der Waals surface area contributed by atoms with Gasteiger partial charge < -0.3 is 19.7 Å². The molecular weight excluding hydrogens is 354 g/mol. The zero-order chi connectivity index (χ0) is 19.1. The number of halogens is 2. The molecule has 1 aromatic heterocycles. The van der Waals surface area contributed by atoms with E-state index in [0.29, 0.717) is 24.5 Å². The van der Waals surface area contributed by atoms with Crippen LogP contribution < -0.4 is 19.7 Å². The number of ether oxygens (including phenoxy) is 2. The van der Waals surface area contributed by atoms with Gasteiger partial charge in [0.25, 0.3) is 0 Å². The third-order valence-corrected chi connectivity index (χ3v) is 4.45. The smallest absolute Gasteiger partial charge is 0.387 e. The minimum atomic E-state index is -2.90. The maximum absolute atomic E-state index is 12.8. The Morgan fingerprint density at radius 1 is 1.30 bits per heavy atom. The fraction of sp³-hybridized carbons (Fsp3) is 0.474. The lowest BCUT2D eigenvalue weighted by Crippen LogP contribution is -2.45. The molecule has 1 N–H and O–H groups in total. The molecule has 1 aromatic carbocycles. The normalized spacial score (nSPS) is 17.2. The molecule has 3 rings (SSSR count). The predicted molar refractivity (Wildman–Crippen MR) is 98.3 cm³/mol. The van der Waals surface area contributed by atoms with E-state index in [0.717, 1.165) is 31.7 Å². The lowest BCUT2D eigenvalue weighted by atomic mass is 10.0. The van der Waals surface area contributed by atoms with Gasteiger partial charge in [0.2, 0.25) is 0 Å². The van der Waals surface area contributed by atoms with E-state index in [4.69, 9.17) is 9.47 Å². The number of hydrogen-bond acceptors (Lipinski definition) is 6. The van der Waals surface area contributed by atoms with Crippen molar-refractivity contribution in [3.63, 3.8) is 0 Å². The summed E-state index contributed by atoms with van der Waals surface area (Å²) in [6.45, 7) is 1.42. The highest BCUT2D eigenvalue weighted by atomic mass is 19.3. The van der Waals surface area contributed by atoms with E-state index < -0.39 is 6.61 Å². The van der Waals surface area contributed by atoms with Crippen LogP contribution in [0.4, 0.5) is 14.6 Å². The summed E-state index contributed by atoms with van der Waals surface area (Å²) in [6.07, 6.45) is 3.68. The van der Waals surface area contributed by atoms with E-state index in [1.807, 2.05) is 12.1 Å². The average Bonchev–Trinajstić information content (AvgIpc) is 2.69. The Morgan fingerprint density at radius 2 is 2.19 bits per heavy atom. The Hall–Kier alpha value is -2.48. The van der Waals surface area contributed by atoms with Crippen molar-refractivity contribution in [2.75, 3.05) is 24.6 Å². The Balaban J connectivity index is 1.66. The van der Waals surface area contributed by atoms with Gasteiger partial charge in [0.15, 0.2) is 17.3 Å². The molecule has 1 unspecified atom stereocenters. The molecule has 8 heteroatoms. The molecule has 0 spiro atoms. The number of rotatable bonds is 8. The number of aromatic nitrogens is 2. The Morgan fingerprint density at radius 3 is 2.93 bits per heavy atom. The molecular formula is C19H24F2N4O2. The van der Waals surface area contributed by atoms with Gasteiger partial charge in [-0.3, -0.25) is 0 Å². The number of anilines is 1. The van der Waals surface area contributed by atoms with E-state index in [1.165, 1.54) is 0 Å². The standard InChI is InChI=1S/C19H24F2N4O2/c1-2-26-16-8-3-6-14(18(16)27-19(20)21)12-22-15-7-5-11-25(13-15)17-9-4-10-23-24-17/h3-4,6,8-10,15,19,22H,2,5,7,11-13H2,1H3. The molecule has 0 aliphatic carbocycles. The van der Waals surface area contributed by atoms with Crippen LogP contribution >= 0.6 is 0 Å². The van der Waals surface area contributed by atoms with Gasteiger partial charge >= 0.3 is 6.61 Å². The van der Waals surface area contributed by atoms with Gasteiger partial charge in [0.05, 0.1) is 6.61 Å². The van der Waals surface area contributed by atoms with E-state index in [-0.39, 0.29) is 11.8 Å². The van der Waals surface area contributed by atoms with Gasteiger partial charge in [-0.15, -0.1) is 5.10 Å². The number of nitrogens with one attached hydrogen (secondary N) is 1. The van der Waals surface area contributed by atoms with E-state index in [9.17, 15) is 8.78 Å². The zero-order valence-corrected chi connectivity index (χ0v) is 15.3. The summed E-state index contributed by atoms with van der Waals surface area (Å²) in [5.74, 6) is 1.29. The summed E-state index contributed by atoms with van der Waals surface area (Å²) in [4.78, 5) is 2.18. The Labute approximate surface area is 157 Å². The summed E-state index contributed by atoms with van der Waals surface area (Å²) in [5.41, 5.74) is 0.651. The first-order valence-corrected chi connectivity index (χ1v) is 9.13. The molecule has 6 nitrogen and oxygen atoms in total. The van der Waals surface area contributed by atoms with Gasteiger partial charge in [-0.25, -0.2) is 0 Å². The third kappa shape index (κ3) is 5.26. The van der Waals surface area contributed by atoms with Crippen LogP contribution in [0.25, 0.3) is 0 Å². The van der Waals surface area contributed by atoms with Gasteiger partial charge in [-0.2, -0.15) is 13.9 Å². The van der Waals surface area contributed by atoms with Crippen LogP contribution in [0.1, 0.15) is 25.3 Å². The van der Waals surface area contributed by atoms with E-state index in [2.05, 4.69) is 20.4 Å². The van der Waals surface area contributed by atoms with Crippen molar-refractivity contribution in [1.82, 2.24) is 15.5 Å². The largest absolute Gasteiger partial charge is 0.490 e. The van der Waals surface area contributed by atoms with Gasteiger partial charge in [-0.1, -0.05) is 12.1 Å². The quantitative estimate of drug-likeness (QED) is 0.761. The fourth-order valence-electron chi connectivity index (χ4n) is 3.26. The number of hydrogen-bond donors (Lipinski definition) is 1. The SMILES string of the molecule is CCOc1cccc(CNC2CCCN(c3cccnn3)C2)c1OC(F)F. The predicted octanol–water partition coefficient (Wildman–Crippen LogP) is 3.24. The van der Waals surface area contributed by atoms with Gasteiger partial charge in [-0.05, 0) is 38.0 Å². The van der Waals surface area contributed by atoms with Crippen molar-refractivity contribution in [1.29, 1.82) is 0 Å². The number of nitrogens with zero attached hydrogens (tertiary/aromatic N) is 3. The lowest BCUT2D eigenvalue weighted by molar-refractivity contribution is -0.0521. The van der Waals surface area contributed by atoms with Crippen molar-refractivity contribution in [3.05, 3.63) is 42.1 Å². The van der Waals surface area contributed by atoms with Crippen molar-refractivity contribution < 1.29 is 18.3 Å². The summed E-state index contributed by atoms with van der Waals surface area (Å²) < 4.78 is 35.8. The molecule has 0 bridgehead atoms. The number of benzene rings is 1. The van der Waals surface area contributed by atoms with Crippen molar-refractivity contribution in [2.24, 2.45) is 0 Å². The first-order valence-electron chi connectivity index (χ1n) is 9.13. The molecule has 1 atom stereocenters. The first-order chi connectivity index (χ1) is 13.2. The van der Waals surface area contributed by atoms with Crippen LogP contribution in [0.15, 0.2) is 36.5 Å². The number of alkyl halides is 2. The second-order valence-corrected chi connectivity index (χ2v) is 6.30. The van der Waals surface area contributed by atoms with Crippen molar-refractivity contribution >= 4 is 5.82 Å². The van der Waals surface area contributed by atoms with Crippen LogP contribution in [-0.4, -0.2) is 42.5 Å². The Bertz CT molecular complexity index is 718. The number of para-hydroxylation sites is 1. The van der Waals surface area contributed by atoms with E-state index >= 15 is 0 Å². The van der Waals surface area contributed by atoms with Crippen molar-refractivity contribution in [3.8, 4) is 11.5 Å². The molecule has 2 aromatic rings. The molecule has 0 amide bonds.